The van der Waals surface area contributed by atoms with Crippen LogP contribution in [0.2, 0.25) is 0 Å². The summed E-state index contributed by atoms with van der Waals surface area (Å²) in [6.45, 7) is 3.30. The van der Waals surface area contributed by atoms with Gasteiger partial charge in [-0.15, -0.1) is 0 Å². The number of halogens is 1. The number of nitrogens with two attached hydrogens (primary N) is 1. The summed E-state index contributed by atoms with van der Waals surface area (Å²) < 4.78 is 13.5. The number of nitrogens with zero attached hydrogens (tertiary/aromatic N) is 1. The quantitative estimate of drug-likeness (QED) is 0.878. The van der Waals surface area contributed by atoms with E-state index in [1.807, 2.05) is 19.1 Å². The number of aryl methyl sites for hydroxylation is 1. The second-order valence-corrected chi connectivity index (χ2v) is 6.58. The summed E-state index contributed by atoms with van der Waals surface area (Å²) in [5.41, 5.74) is 9.21. The first-order valence-electron chi connectivity index (χ1n) is 7.42. The Balaban J connectivity index is 1.86. The van der Waals surface area contributed by atoms with Crippen LogP contribution in [0.5, 0.6) is 0 Å². The van der Waals surface area contributed by atoms with E-state index < -0.39 is 0 Å². The molecule has 0 radical (unpaired) electrons. The molecule has 1 unspecified atom stereocenters. The molecule has 2 nitrogen and oxygen atoms in total. The summed E-state index contributed by atoms with van der Waals surface area (Å²) in [5, 5.41) is 4.30. The molecule has 2 aromatic rings. The van der Waals surface area contributed by atoms with Gasteiger partial charge < -0.3 is 5.73 Å². The third-order valence-electron chi connectivity index (χ3n) is 4.15. The molecule has 1 saturated carbocycles. The SMILES string of the molecule is Cc1cc(C(CN)N(Cc2ccsc2)C2CC2)ccc1F. The fraction of sp³-hybridized carbons (Fsp3) is 0.412. The van der Waals surface area contributed by atoms with Gasteiger partial charge in [0.15, 0.2) is 0 Å². The maximum Gasteiger partial charge on any atom is 0.126 e. The minimum Gasteiger partial charge on any atom is -0.329 e. The van der Waals surface area contributed by atoms with Gasteiger partial charge in [0.1, 0.15) is 5.82 Å². The van der Waals surface area contributed by atoms with Crippen LogP contribution in [0.4, 0.5) is 4.39 Å². The Kier molecular flexibility index (Phi) is 4.38. The van der Waals surface area contributed by atoms with Gasteiger partial charge in [0.25, 0.3) is 0 Å². The van der Waals surface area contributed by atoms with Crippen LogP contribution in [-0.2, 0) is 6.54 Å². The molecule has 0 saturated heterocycles. The lowest BCUT2D eigenvalue weighted by atomic mass is 10.0. The Morgan fingerprint density at radius 2 is 2.19 bits per heavy atom. The third-order valence-corrected chi connectivity index (χ3v) is 4.88. The standard InChI is InChI=1S/C17H21FN2S/c1-12-8-14(2-5-16(12)18)17(9-19)20(15-3-4-15)10-13-6-7-21-11-13/h2,5-8,11,15,17H,3-4,9-10,19H2,1H3. The Morgan fingerprint density at radius 1 is 1.38 bits per heavy atom. The van der Waals surface area contributed by atoms with Crippen molar-refractivity contribution in [2.45, 2.75) is 38.4 Å². The molecule has 4 heteroatoms. The highest BCUT2D eigenvalue weighted by Gasteiger charge is 2.34. The lowest BCUT2D eigenvalue weighted by Gasteiger charge is -2.31. The summed E-state index contributed by atoms with van der Waals surface area (Å²) in [5.74, 6) is -0.148. The van der Waals surface area contributed by atoms with E-state index in [1.165, 1.54) is 18.4 Å². The van der Waals surface area contributed by atoms with Crippen molar-refractivity contribution in [3.8, 4) is 0 Å². The molecule has 1 aliphatic carbocycles. The highest BCUT2D eigenvalue weighted by Crippen LogP contribution is 2.36. The number of hydrogen-bond donors (Lipinski definition) is 1. The van der Waals surface area contributed by atoms with Gasteiger partial charge in [-0.3, -0.25) is 4.90 Å². The zero-order valence-corrected chi connectivity index (χ0v) is 13.1. The van der Waals surface area contributed by atoms with E-state index in [9.17, 15) is 4.39 Å². The van der Waals surface area contributed by atoms with Crippen LogP contribution in [0.1, 0.15) is 35.6 Å². The summed E-state index contributed by atoms with van der Waals surface area (Å²) in [6, 6.07) is 8.33. The first kappa shape index (κ1) is 14.7. The van der Waals surface area contributed by atoms with E-state index >= 15 is 0 Å². The van der Waals surface area contributed by atoms with Gasteiger partial charge in [-0.05, 0) is 59.3 Å². The number of rotatable bonds is 6. The summed E-state index contributed by atoms with van der Waals surface area (Å²) in [6.07, 6.45) is 2.47. The minimum atomic E-state index is -0.148. The maximum atomic E-state index is 13.5. The molecule has 1 atom stereocenters. The maximum absolute atomic E-state index is 13.5. The van der Waals surface area contributed by atoms with Crippen LogP contribution in [0.15, 0.2) is 35.0 Å². The average molecular weight is 304 g/mol. The fourth-order valence-corrected chi connectivity index (χ4v) is 3.49. The largest absolute Gasteiger partial charge is 0.329 e. The van der Waals surface area contributed by atoms with Gasteiger partial charge in [0.05, 0.1) is 0 Å². The number of thiophene rings is 1. The molecule has 1 aromatic heterocycles. The van der Waals surface area contributed by atoms with Crippen molar-refractivity contribution in [2.24, 2.45) is 5.73 Å². The van der Waals surface area contributed by atoms with Crippen molar-refractivity contribution in [1.29, 1.82) is 0 Å². The Bertz CT molecular complexity index is 593. The van der Waals surface area contributed by atoms with Gasteiger partial charge in [-0.2, -0.15) is 11.3 Å². The highest BCUT2D eigenvalue weighted by atomic mass is 32.1. The first-order valence-corrected chi connectivity index (χ1v) is 8.36. The van der Waals surface area contributed by atoms with Crippen molar-refractivity contribution in [3.05, 3.63) is 57.5 Å². The molecule has 1 fully saturated rings. The van der Waals surface area contributed by atoms with Crippen LogP contribution < -0.4 is 5.73 Å². The average Bonchev–Trinajstić information content (AvgIpc) is 3.20. The van der Waals surface area contributed by atoms with Gasteiger partial charge in [-0.1, -0.05) is 12.1 Å². The van der Waals surface area contributed by atoms with Gasteiger partial charge >= 0.3 is 0 Å². The summed E-state index contributed by atoms with van der Waals surface area (Å²) in [4.78, 5) is 2.48. The van der Waals surface area contributed by atoms with Crippen molar-refractivity contribution < 1.29 is 4.39 Å². The molecule has 0 amide bonds. The first-order chi connectivity index (χ1) is 10.2. The zero-order chi connectivity index (χ0) is 14.8. The van der Waals surface area contributed by atoms with E-state index in [4.69, 9.17) is 5.73 Å². The molecule has 0 spiro atoms. The molecule has 1 aromatic carbocycles. The number of benzene rings is 1. The molecule has 0 aliphatic heterocycles. The third kappa shape index (κ3) is 3.34. The molecule has 112 valence electrons. The molecule has 3 rings (SSSR count). The predicted molar refractivity (Wildman–Crippen MR) is 85.8 cm³/mol. The highest BCUT2D eigenvalue weighted by molar-refractivity contribution is 7.07. The van der Waals surface area contributed by atoms with Crippen LogP contribution in [0.25, 0.3) is 0 Å². The molecular weight excluding hydrogens is 283 g/mol. The molecular formula is C17H21FN2S. The van der Waals surface area contributed by atoms with E-state index in [0.29, 0.717) is 18.2 Å². The molecule has 2 N–H and O–H groups in total. The van der Waals surface area contributed by atoms with Gasteiger partial charge in [0, 0.05) is 25.2 Å². The van der Waals surface area contributed by atoms with E-state index in [2.05, 4.69) is 21.7 Å². The van der Waals surface area contributed by atoms with Crippen molar-refractivity contribution in [3.63, 3.8) is 0 Å². The predicted octanol–water partition coefficient (Wildman–Crippen LogP) is 3.86. The number of hydrogen-bond acceptors (Lipinski definition) is 3. The topological polar surface area (TPSA) is 29.3 Å². The molecule has 1 heterocycles. The van der Waals surface area contributed by atoms with Crippen LogP contribution in [0.3, 0.4) is 0 Å². The van der Waals surface area contributed by atoms with Crippen LogP contribution >= 0.6 is 11.3 Å². The van der Waals surface area contributed by atoms with Crippen molar-refractivity contribution >= 4 is 11.3 Å². The second kappa shape index (κ2) is 6.26. The summed E-state index contributed by atoms with van der Waals surface area (Å²) >= 11 is 1.73. The second-order valence-electron chi connectivity index (χ2n) is 5.80. The Labute approximate surface area is 129 Å². The lowest BCUT2D eigenvalue weighted by Crippen LogP contribution is -2.35. The van der Waals surface area contributed by atoms with E-state index in [0.717, 1.165) is 12.1 Å². The smallest absolute Gasteiger partial charge is 0.126 e. The molecule has 21 heavy (non-hydrogen) atoms. The van der Waals surface area contributed by atoms with Gasteiger partial charge in [0.2, 0.25) is 0 Å². The Morgan fingerprint density at radius 3 is 2.76 bits per heavy atom. The minimum absolute atomic E-state index is 0.148. The van der Waals surface area contributed by atoms with Gasteiger partial charge in [-0.25, -0.2) is 4.39 Å². The Hall–Kier alpha value is -1.23. The fourth-order valence-electron chi connectivity index (χ4n) is 2.83. The normalized spacial score (nSPS) is 16.4. The monoisotopic (exact) mass is 304 g/mol. The van der Waals surface area contributed by atoms with Crippen molar-refractivity contribution in [1.82, 2.24) is 4.90 Å². The van der Waals surface area contributed by atoms with E-state index in [-0.39, 0.29) is 11.9 Å². The zero-order valence-electron chi connectivity index (χ0n) is 12.3. The van der Waals surface area contributed by atoms with Crippen molar-refractivity contribution in [2.75, 3.05) is 6.54 Å². The molecule has 1 aliphatic rings. The van der Waals surface area contributed by atoms with E-state index in [1.54, 1.807) is 17.4 Å². The van der Waals surface area contributed by atoms with Crippen LogP contribution in [-0.4, -0.2) is 17.5 Å². The summed E-state index contributed by atoms with van der Waals surface area (Å²) in [7, 11) is 0. The van der Waals surface area contributed by atoms with Crippen LogP contribution in [0, 0.1) is 12.7 Å². The molecule has 0 bridgehead atoms. The lowest BCUT2D eigenvalue weighted by molar-refractivity contribution is 0.182.